The SMILES string of the molecule is CN=C(NCCc1cccs1)NCc1cccc2ccccc12. The molecule has 0 fully saturated rings. The normalized spacial score (nSPS) is 11.6. The van der Waals surface area contributed by atoms with Gasteiger partial charge in [0.1, 0.15) is 0 Å². The zero-order chi connectivity index (χ0) is 15.9. The highest BCUT2D eigenvalue weighted by Crippen LogP contribution is 2.18. The predicted octanol–water partition coefficient (Wildman–Crippen LogP) is 3.81. The number of benzene rings is 2. The largest absolute Gasteiger partial charge is 0.356 e. The van der Waals surface area contributed by atoms with E-state index in [1.165, 1.54) is 21.2 Å². The molecule has 3 rings (SSSR count). The van der Waals surface area contributed by atoms with Crippen molar-refractivity contribution < 1.29 is 0 Å². The van der Waals surface area contributed by atoms with E-state index < -0.39 is 0 Å². The molecule has 118 valence electrons. The van der Waals surface area contributed by atoms with Crippen LogP contribution in [-0.4, -0.2) is 19.6 Å². The highest BCUT2D eigenvalue weighted by molar-refractivity contribution is 7.09. The minimum Gasteiger partial charge on any atom is -0.356 e. The van der Waals surface area contributed by atoms with Crippen LogP contribution in [0.3, 0.4) is 0 Å². The van der Waals surface area contributed by atoms with Crippen LogP contribution in [0.1, 0.15) is 10.4 Å². The quantitative estimate of drug-likeness (QED) is 0.553. The van der Waals surface area contributed by atoms with Crippen LogP contribution in [0, 0.1) is 0 Å². The van der Waals surface area contributed by atoms with Crippen molar-refractivity contribution >= 4 is 28.1 Å². The van der Waals surface area contributed by atoms with Gasteiger partial charge in [-0.1, -0.05) is 48.5 Å². The van der Waals surface area contributed by atoms with Crippen molar-refractivity contribution in [3.05, 3.63) is 70.4 Å². The summed E-state index contributed by atoms with van der Waals surface area (Å²) in [4.78, 5) is 5.69. The van der Waals surface area contributed by atoms with Gasteiger partial charge in [0, 0.05) is 25.0 Å². The third kappa shape index (κ3) is 4.11. The highest BCUT2D eigenvalue weighted by atomic mass is 32.1. The van der Waals surface area contributed by atoms with E-state index in [4.69, 9.17) is 0 Å². The highest BCUT2D eigenvalue weighted by Gasteiger charge is 2.02. The lowest BCUT2D eigenvalue weighted by Gasteiger charge is -2.13. The van der Waals surface area contributed by atoms with Crippen molar-refractivity contribution in [1.29, 1.82) is 0 Å². The third-order valence-electron chi connectivity index (χ3n) is 3.79. The number of guanidine groups is 1. The monoisotopic (exact) mass is 323 g/mol. The predicted molar refractivity (Wildman–Crippen MR) is 100 cm³/mol. The second kappa shape index (κ2) is 7.79. The summed E-state index contributed by atoms with van der Waals surface area (Å²) in [5.74, 6) is 0.842. The number of hydrogen-bond acceptors (Lipinski definition) is 2. The zero-order valence-electron chi connectivity index (χ0n) is 13.3. The lowest BCUT2D eigenvalue weighted by molar-refractivity contribution is 0.801. The minimum atomic E-state index is 0.764. The second-order valence-corrected chi connectivity index (χ2v) is 6.35. The van der Waals surface area contributed by atoms with E-state index in [1.54, 1.807) is 11.3 Å². The van der Waals surface area contributed by atoms with Crippen molar-refractivity contribution in [3.8, 4) is 0 Å². The number of nitrogens with zero attached hydrogens (tertiary/aromatic N) is 1. The molecule has 3 aromatic rings. The maximum Gasteiger partial charge on any atom is 0.191 e. The summed E-state index contributed by atoms with van der Waals surface area (Å²) in [5.41, 5.74) is 1.28. The molecule has 0 unspecified atom stereocenters. The first kappa shape index (κ1) is 15.6. The molecule has 0 spiro atoms. The molecule has 4 heteroatoms. The summed E-state index contributed by atoms with van der Waals surface area (Å²) < 4.78 is 0. The molecule has 0 atom stereocenters. The number of nitrogens with one attached hydrogen (secondary N) is 2. The fourth-order valence-electron chi connectivity index (χ4n) is 2.61. The lowest BCUT2D eigenvalue weighted by atomic mass is 10.0. The van der Waals surface area contributed by atoms with Gasteiger partial charge in [0.05, 0.1) is 0 Å². The van der Waals surface area contributed by atoms with Crippen LogP contribution in [0.15, 0.2) is 65.0 Å². The Labute approximate surface area is 141 Å². The Hall–Kier alpha value is -2.33. The average Bonchev–Trinajstić information content (AvgIpc) is 3.11. The molecule has 23 heavy (non-hydrogen) atoms. The second-order valence-electron chi connectivity index (χ2n) is 5.32. The summed E-state index contributed by atoms with van der Waals surface area (Å²) in [6.45, 7) is 1.65. The number of rotatable bonds is 5. The van der Waals surface area contributed by atoms with Crippen LogP contribution in [0.2, 0.25) is 0 Å². The van der Waals surface area contributed by atoms with Crippen molar-refractivity contribution in [2.75, 3.05) is 13.6 Å². The van der Waals surface area contributed by atoms with Gasteiger partial charge in [-0.3, -0.25) is 4.99 Å². The minimum absolute atomic E-state index is 0.764. The van der Waals surface area contributed by atoms with Crippen LogP contribution < -0.4 is 10.6 Å². The Morgan fingerprint density at radius 3 is 2.70 bits per heavy atom. The smallest absolute Gasteiger partial charge is 0.191 e. The fraction of sp³-hybridized carbons (Fsp3) is 0.211. The van der Waals surface area contributed by atoms with Crippen molar-refractivity contribution in [3.63, 3.8) is 0 Å². The van der Waals surface area contributed by atoms with Crippen molar-refractivity contribution in [2.45, 2.75) is 13.0 Å². The molecule has 0 aliphatic rings. The van der Waals surface area contributed by atoms with E-state index in [0.29, 0.717) is 0 Å². The fourth-order valence-corrected chi connectivity index (χ4v) is 3.31. The number of fused-ring (bicyclic) bond motifs is 1. The Bertz CT molecular complexity index is 773. The first-order chi connectivity index (χ1) is 11.4. The van der Waals surface area contributed by atoms with Crippen LogP contribution in [0.5, 0.6) is 0 Å². The molecule has 0 amide bonds. The molecule has 0 radical (unpaired) electrons. The standard InChI is InChI=1S/C19H21N3S/c1-20-19(21-12-11-17-9-5-13-23-17)22-14-16-8-4-7-15-6-2-3-10-18(15)16/h2-10,13H,11-12,14H2,1H3,(H2,20,21,22). The van der Waals surface area contributed by atoms with Gasteiger partial charge in [0.2, 0.25) is 0 Å². The molecule has 2 N–H and O–H groups in total. The van der Waals surface area contributed by atoms with Gasteiger partial charge in [0.15, 0.2) is 5.96 Å². The number of thiophene rings is 1. The van der Waals surface area contributed by atoms with E-state index in [9.17, 15) is 0 Å². The van der Waals surface area contributed by atoms with E-state index >= 15 is 0 Å². The van der Waals surface area contributed by atoms with Gasteiger partial charge in [-0.15, -0.1) is 11.3 Å². The first-order valence-electron chi connectivity index (χ1n) is 7.80. The Balaban J connectivity index is 1.57. The molecule has 1 aromatic heterocycles. The van der Waals surface area contributed by atoms with Crippen molar-refractivity contribution in [2.24, 2.45) is 4.99 Å². The molecular formula is C19H21N3S. The summed E-state index contributed by atoms with van der Waals surface area (Å²) in [5, 5.41) is 11.4. The van der Waals surface area contributed by atoms with Gasteiger partial charge in [-0.25, -0.2) is 0 Å². The molecule has 0 bridgehead atoms. The van der Waals surface area contributed by atoms with Gasteiger partial charge in [-0.05, 0) is 34.2 Å². The van der Waals surface area contributed by atoms with Crippen LogP contribution in [0.25, 0.3) is 10.8 Å². The molecule has 0 saturated heterocycles. The Morgan fingerprint density at radius 2 is 1.87 bits per heavy atom. The summed E-state index contributed by atoms with van der Waals surface area (Å²) in [7, 11) is 1.81. The molecular weight excluding hydrogens is 302 g/mol. The number of hydrogen-bond donors (Lipinski definition) is 2. The maximum absolute atomic E-state index is 4.30. The van der Waals surface area contributed by atoms with E-state index in [-0.39, 0.29) is 0 Å². The third-order valence-corrected chi connectivity index (χ3v) is 4.73. The molecule has 3 nitrogen and oxygen atoms in total. The zero-order valence-corrected chi connectivity index (χ0v) is 14.1. The van der Waals surface area contributed by atoms with Gasteiger partial charge < -0.3 is 10.6 Å². The van der Waals surface area contributed by atoms with Gasteiger partial charge in [0.25, 0.3) is 0 Å². The molecule has 0 aliphatic heterocycles. The van der Waals surface area contributed by atoms with Gasteiger partial charge in [-0.2, -0.15) is 0 Å². The summed E-state index contributed by atoms with van der Waals surface area (Å²) >= 11 is 1.79. The van der Waals surface area contributed by atoms with E-state index in [2.05, 4.69) is 75.6 Å². The van der Waals surface area contributed by atoms with E-state index in [1.807, 2.05) is 7.05 Å². The first-order valence-corrected chi connectivity index (χ1v) is 8.68. The summed E-state index contributed by atoms with van der Waals surface area (Å²) in [6, 6.07) is 19.1. The molecule has 2 aromatic carbocycles. The lowest BCUT2D eigenvalue weighted by Crippen LogP contribution is -2.37. The molecule has 0 saturated carbocycles. The van der Waals surface area contributed by atoms with Crippen LogP contribution in [0.4, 0.5) is 0 Å². The van der Waals surface area contributed by atoms with Crippen LogP contribution >= 0.6 is 11.3 Å². The number of aliphatic imine (C=N–C) groups is 1. The topological polar surface area (TPSA) is 36.4 Å². The molecule has 1 heterocycles. The average molecular weight is 323 g/mol. The molecule has 0 aliphatic carbocycles. The van der Waals surface area contributed by atoms with Gasteiger partial charge >= 0.3 is 0 Å². The van der Waals surface area contributed by atoms with Crippen molar-refractivity contribution in [1.82, 2.24) is 10.6 Å². The summed E-state index contributed by atoms with van der Waals surface area (Å²) in [6.07, 6.45) is 1.02. The van der Waals surface area contributed by atoms with E-state index in [0.717, 1.165) is 25.5 Å². The maximum atomic E-state index is 4.30. The Morgan fingerprint density at radius 1 is 1.00 bits per heavy atom. The Kier molecular flexibility index (Phi) is 5.27. The van der Waals surface area contributed by atoms with Crippen LogP contribution in [-0.2, 0) is 13.0 Å².